The predicted octanol–water partition coefficient (Wildman–Crippen LogP) is 3.08. The molecule has 0 unspecified atom stereocenters. The summed E-state index contributed by atoms with van der Waals surface area (Å²) in [7, 11) is 0. The van der Waals surface area contributed by atoms with E-state index in [4.69, 9.17) is 4.74 Å². The first-order chi connectivity index (χ1) is 9.81. The monoisotopic (exact) mass is 289 g/mol. The average molecular weight is 289 g/mol. The van der Waals surface area contributed by atoms with E-state index < -0.39 is 0 Å². The van der Waals surface area contributed by atoms with E-state index in [2.05, 4.69) is 15.3 Å². The zero-order valence-corrected chi connectivity index (χ0v) is 12.6. The zero-order valence-electron chi connectivity index (χ0n) is 11.7. The molecule has 2 aromatic rings. The molecule has 1 fully saturated rings. The molecule has 4 nitrogen and oxygen atoms in total. The van der Waals surface area contributed by atoms with Gasteiger partial charge in [0.25, 0.3) is 0 Å². The van der Waals surface area contributed by atoms with E-state index in [0.29, 0.717) is 6.10 Å². The minimum absolute atomic E-state index is 0.340. The van der Waals surface area contributed by atoms with Crippen LogP contribution in [0.25, 0.3) is 10.2 Å². The van der Waals surface area contributed by atoms with Crippen LogP contribution < -0.4 is 5.32 Å². The summed E-state index contributed by atoms with van der Waals surface area (Å²) in [5.74, 6) is 1.87. The van der Waals surface area contributed by atoms with E-state index in [9.17, 15) is 0 Å². The molecule has 0 spiro atoms. The number of aromatic nitrogens is 2. The number of thiophene rings is 1. The number of aryl methyl sites for hydroxylation is 3. The molecule has 0 saturated carbocycles. The maximum atomic E-state index is 5.69. The van der Waals surface area contributed by atoms with Gasteiger partial charge in [-0.15, -0.1) is 11.3 Å². The molecule has 0 radical (unpaired) electrons. The molecule has 20 heavy (non-hydrogen) atoms. The van der Waals surface area contributed by atoms with E-state index in [0.717, 1.165) is 36.0 Å². The number of rotatable bonds is 3. The van der Waals surface area contributed by atoms with Crippen molar-refractivity contribution in [3.05, 3.63) is 16.3 Å². The van der Waals surface area contributed by atoms with E-state index in [1.54, 1.807) is 0 Å². The molecule has 1 aliphatic carbocycles. The average Bonchev–Trinajstić information content (AvgIpc) is 3.11. The SMILES string of the molecule is Cc1nc(NC[C@@H]2CCCO2)c2c3c(sc2n1)CCC3. The first-order valence-electron chi connectivity index (χ1n) is 7.45. The van der Waals surface area contributed by atoms with Crippen molar-refractivity contribution in [2.24, 2.45) is 0 Å². The summed E-state index contributed by atoms with van der Waals surface area (Å²) in [6.07, 6.45) is 6.33. The van der Waals surface area contributed by atoms with Crippen molar-refractivity contribution in [2.75, 3.05) is 18.5 Å². The summed E-state index contributed by atoms with van der Waals surface area (Å²) < 4.78 is 5.69. The molecule has 1 N–H and O–H groups in total. The lowest BCUT2D eigenvalue weighted by molar-refractivity contribution is 0.120. The van der Waals surface area contributed by atoms with Crippen LogP contribution in [0, 0.1) is 6.92 Å². The van der Waals surface area contributed by atoms with Crippen LogP contribution >= 0.6 is 11.3 Å². The van der Waals surface area contributed by atoms with Crippen LogP contribution in [-0.2, 0) is 17.6 Å². The lowest BCUT2D eigenvalue weighted by atomic mass is 10.2. The molecule has 1 atom stereocenters. The van der Waals surface area contributed by atoms with Gasteiger partial charge in [0.15, 0.2) is 0 Å². The van der Waals surface area contributed by atoms with Crippen LogP contribution in [0.3, 0.4) is 0 Å². The van der Waals surface area contributed by atoms with Gasteiger partial charge in [-0.25, -0.2) is 9.97 Å². The normalized spacial score (nSPS) is 21.6. The first-order valence-corrected chi connectivity index (χ1v) is 8.27. The highest BCUT2D eigenvalue weighted by Gasteiger charge is 2.22. The van der Waals surface area contributed by atoms with Crippen molar-refractivity contribution < 1.29 is 4.74 Å². The highest BCUT2D eigenvalue weighted by Crippen LogP contribution is 2.39. The van der Waals surface area contributed by atoms with Crippen LogP contribution in [0.4, 0.5) is 5.82 Å². The van der Waals surface area contributed by atoms with Gasteiger partial charge >= 0.3 is 0 Å². The maximum Gasteiger partial charge on any atom is 0.138 e. The quantitative estimate of drug-likeness (QED) is 0.943. The van der Waals surface area contributed by atoms with Gasteiger partial charge in [-0.1, -0.05) is 0 Å². The van der Waals surface area contributed by atoms with Gasteiger partial charge in [0, 0.05) is 18.0 Å². The molecule has 4 rings (SSSR count). The molecule has 2 aliphatic rings. The number of hydrogen-bond acceptors (Lipinski definition) is 5. The third-order valence-corrected chi connectivity index (χ3v) is 5.38. The Bertz CT molecular complexity index is 646. The summed E-state index contributed by atoms with van der Waals surface area (Å²) in [4.78, 5) is 11.9. The molecule has 0 amide bonds. The molecule has 106 valence electrons. The number of nitrogens with zero attached hydrogens (tertiary/aromatic N) is 2. The van der Waals surface area contributed by atoms with Gasteiger partial charge in [-0.3, -0.25) is 0 Å². The minimum Gasteiger partial charge on any atom is -0.376 e. The van der Waals surface area contributed by atoms with E-state index in [-0.39, 0.29) is 0 Å². The fourth-order valence-corrected chi connectivity index (χ4v) is 4.55. The van der Waals surface area contributed by atoms with Crippen LogP contribution in [0.2, 0.25) is 0 Å². The Kier molecular flexibility index (Phi) is 3.11. The van der Waals surface area contributed by atoms with Gasteiger partial charge in [0.05, 0.1) is 11.5 Å². The third kappa shape index (κ3) is 2.09. The summed E-state index contributed by atoms with van der Waals surface area (Å²) in [5, 5.41) is 4.79. The summed E-state index contributed by atoms with van der Waals surface area (Å²) in [6.45, 7) is 3.73. The standard InChI is InChI=1S/C15H19N3OS/c1-9-17-14(16-8-10-4-3-7-19-10)13-11-5-2-6-12(11)20-15(13)18-9/h10H,2-8H2,1H3,(H,16,17,18)/t10-/m0/s1. The summed E-state index contributed by atoms with van der Waals surface area (Å²) in [6, 6.07) is 0. The van der Waals surface area contributed by atoms with Crippen molar-refractivity contribution in [3.8, 4) is 0 Å². The smallest absolute Gasteiger partial charge is 0.138 e. The number of ether oxygens (including phenoxy) is 1. The Labute approximate surface area is 122 Å². The zero-order chi connectivity index (χ0) is 13.5. The van der Waals surface area contributed by atoms with Crippen molar-refractivity contribution in [2.45, 2.75) is 45.1 Å². The Balaban J connectivity index is 1.69. The van der Waals surface area contributed by atoms with E-state index in [1.165, 1.54) is 41.5 Å². The van der Waals surface area contributed by atoms with Gasteiger partial charge in [-0.2, -0.15) is 0 Å². The van der Waals surface area contributed by atoms with Crippen molar-refractivity contribution in [1.82, 2.24) is 9.97 Å². The van der Waals surface area contributed by atoms with Crippen LogP contribution in [0.15, 0.2) is 0 Å². The van der Waals surface area contributed by atoms with Crippen LogP contribution in [-0.4, -0.2) is 29.2 Å². The highest BCUT2D eigenvalue weighted by molar-refractivity contribution is 7.19. The van der Waals surface area contributed by atoms with Gasteiger partial charge in [0.1, 0.15) is 16.5 Å². The topological polar surface area (TPSA) is 47.0 Å². The Hall–Kier alpha value is -1.20. The molecular formula is C15H19N3OS. The van der Waals surface area contributed by atoms with E-state index >= 15 is 0 Å². The number of hydrogen-bond donors (Lipinski definition) is 1. The molecule has 0 aromatic carbocycles. The van der Waals surface area contributed by atoms with Crippen molar-refractivity contribution in [3.63, 3.8) is 0 Å². The summed E-state index contributed by atoms with van der Waals surface area (Å²) >= 11 is 1.85. The molecule has 1 aliphatic heterocycles. The fraction of sp³-hybridized carbons (Fsp3) is 0.600. The molecule has 3 heterocycles. The number of anilines is 1. The second-order valence-corrected chi connectivity index (χ2v) is 6.76. The molecule has 1 saturated heterocycles. The van der Waals surface area contributed by atoms with Crippen LogP contribution in [0.5, 0.6) is 0 Å². The lowest BCUT2D eigenvalue weighted by Gasteiger charge is -2.13. The predicted molar refractivity (Wildman–Crippen MR) is 81.6 cm³/mol. The van der Waals surface area contributed by atoms with Gasteiger partial charge < -0.3 is 10.1 Å². The second-order valence-electron chi connectivity index (χ2n) is 5.67. The van der Waals surface area contributed by atoms with Gasteiger partial charge in [0.2, 0.25) is 0 Å². The van der Waals surface area contributed by atoms with Crippen LogP contribution in [0.1, 0.15) is 35.5 Å². The van der Waals surface area contributed by atoms with Crippen molar-refractivity contribution >= 4 is 27.4 Å². The number of fused-ring (bicyclic) bond motifs is 3. The molecule has 5 heteroatoms. The molecular weight excluding hydrogens is 270 g/mol. The van der Waals surface area contributed by atoms with E-state index in [1.807, 2.05) is 18.3 Å². The molecule has 2 aromatic heterocycles. The molecule has 0 bridgehead atoms. The summed E-state index contributed by atoms with van der Waals surface area (Å²) in [5.41, 5.74) is 1.49. The third-order valence-electron chi connectivity index (χ3n) is 4.20. The second kappa shape index (κ2) is 4.97. The fourth-order valence-electron chi connectivity index (χ4n) is 3.25. The largest absolute Gasteiger partial charge is 0.376 e. The lowest BCUT2D eigenvalue weighted by Crippen LogP contribution is -2.19. The minimum atomic E-state index is 0.340. The Morgan fingerprint density at radius 2 is 2.25 bits per heavy atom. The van der Waals surface area contributed by atoms with Gasteiger partial charge in [-0.05, 0) is 44.6 Å². The Morgan fingerprint density at radius 3 is 3.10 bits per heavy atom. The Morgan fingerprint density at radius 1 is 1.30 bits per heavy atom. The first kappa shape index (κ1) is 12.5. The number of nitrogens with one attached hydrogen (secondary N) is 1. The maximum absolute atomic E-state index is 5.69. The van der Waals surface area contributed by atoms with Crippen molar-refractivity contribution in [1.29, 1.82) is 0 Å². The highest BCUT2D eigenvalue weighted by atomic mass is 32.1.